The van der Waals surface area contributed by atoms with Crippen LogP contribution in [0.25, 0.3) is 0 Å². The number of carbonyl (C=O) groups is 3. The molecule has 4 rings (SSSR count). The first-order valence-electron chi connectivity index (χ1n) is 12.0. The van der Waals surface area contributed by atoms with Crippen molar-refractivity contribution in [1.29, 1.82) is 0 Å². The number of hydrogen-bond acceptors (Lipinski definition) is 3. The van der Waals surface area contributed by atoms with Crippen LogP contribution in [0.15, 0.2) is 54.6 Å². The molecular formula is C27H32FN3O3. The van der Waals surface area contributed by atoms with Gasteiger partial charge < -0.3 is 15.5 Å². The molecule has 2 heterocycles. The summed E-state index contributed by atoms with van der Waals surface area (Å²) in [7, 11) is 0. The Morgan fingerprint density at radius 1 is 1.03 bits per heavy atom. The van der Waals surface area contributed by atoms with Crippen LogP contribution in [0.3, 0.4) is 0 Å². The monoisotopic (exact) mass is 465 g/mol. The highest BCUT2D eigenvalue weighted by Gasteiger charge is 2.43. The summed E-state index contributed by atoms with van der Waals surface area (Å²) in [5.74, 6) is -0.998. The van der Waals surface area contributed by atoms with Gasteiger partial charge in [0.25, 0.3) is 0 Å². The van der Waals surface area contributed by atoms with Crippen molar-refractivity contribution in [2.45, 2.75) is 57.3 Å². The molecule has 2 aliphatic rings. The van der Waals surface area contributed by atoms with Crippen LogP contribution < -0.4 is 10.6 Å². The molecule has 0 bridgehead atoms. The lowest BCUT2D eigenvalue weighted by molar-refractivity contribution is -0.144. The van der Waals surface area contributed by atoms with Crippen molar-refractivity contribution >= 4 is 17.7 Å². The zero-order chi connectivity index (χ0) is 24.2. The summed E-state index contributed by atoms with van der Waals surface area (Å²) in [6, 6.07) is 16.4. The number of piperidine rings is 1. The third-order valence-electron chi connectivity index (χ3n) is 6.79. The van der Waals surface area contributed by atoms with Gasteiger partial charge in [0.1, 0.15) is 12.2 Å². The molecule has 4 atom stereocenters. The molecule has 2 aromatic carbocycles. The van der Waals surface area contributed by atoms with E-state index in [1.165, 1.54) is 10.5 Å². The van der Waals surface area contributed by atoms with Crippen LogP contribution in [0.4, 0.5) is 4.39 Å². The van der Waals surface area contributed by atoms with Crippen molar-refractivity contribution < 1.29 is 18.8 Å². The molecule has 0 aromatic heterocycles. The number of benzene rings is 2. The first-order chi connectivity index (χ1) is 16.3. The number of amides is 3. The van der Waals surface area contributed by atoms with E-state index >= 15 is 0 Å². The second-order valence-electron chi connectivity index (χ2n) is 9.55. The minimum absolute atomic E-state index is 0.0374. The third kappa shape index (κ3) is 5.29. The van der Waals surface area contributed by atoms with Crippen LogP contribution in [-0.2, 0) is 14.4 Å². The Labute approximate surface area is 199 Å². The Morgan fingerprint density at radius 2 is 1.68 bits per heavy atom. The molecule has 7 heteroatoms. The van der Waals surface area contributed by atoms with E-state index < -0.39 is 24.2 Å². The van der Waals surface area contributed by atoms with Crippen LogP contribution in [0.1, 0.15) is 61.8 Å². The van der Waals surface area contributed by atoms with Gasteiger partial charge in [-0.05, 0) is 29.0 Å². The molecule has 1 unspecified atom stereocenters. The van der Waals surface area contributed by atoms with E-state index in [-0.39, 0.29) is 37.1 Å². The van der Waals surface area contributed by atoms with E-state index in [1.807, 2.05) is 42.5 Å². The van der Waals surface area contributed by atoms with E-state index in [4.69, 9.17) is 0 Å². The molecular weight excluding hydrogens is 433 g/mol. The number of nitrogens with zero attached hydrogens (tertiary/aromatic N) is 1. The molecule has 34 heavy (non-hydrogen) atoms. The second-order valence-corrected chi connectivity index (χ2v) is 9.55. The van der Waals surface area contributed by atoms with Crippen molar-refractivity contribution in [3.05, 3.63) is 71.3 Å². The number of likely N-dealkylation sites (tertiary alicyclic amines) is 1. The second kappa shape index (κ2) is 10.4. The van der Waals surface area contributed by atoms with E-state index in [2.05, 4.69) is 36.6 Å². The number of carbonyl (C=O) groups excluding carboxylic acids is 3. The van der Waals surface area contributed by atoms with E-state index in [9.17, 15) is 18.8 Å². The summed E-state index contributed by atoms with van der Waals surface area (Å²) in [5.41, 5.74) is 3.02. The van der Waals surface area contributed by atoms with Gasteiger partial charge in [-0.1, -0.05) is 68.4 Å². The van der Waals surface area contributed by atoms with Gasteiger partial charge in [-0.2, -0.15) is 0 Å². The predicted octanol–water partition coefficient (Wildman–Crippen LogP) is 3.48. The van der Waals surface area contributed by atoms with Crippen LogP contribution in [0.5, 0.6) is 0 Å². The highest BCUT2D eigenvalue weighted by Crippen LogP contribution is 2.29. The largest absolute Gasteiger partial charge is 0.356 e. The summed E-state index contributed by atoms with van der Waals surface area (Å²) in [5, 5.41) is 5.79. The zero-order valence-corrected chi connectivity index (χ0v) is 19.7. The Balaban J connectivity index is 1.56. The van der Waals surface area contributed by atoms with E-state index in [0.29, 0.717) is 18.9 Å². The lowest BCUT2D eigenvalue weighted by Gasteiger charge is -2.31. The van der Waals surface area contributed by atoms with Gasteiger partial charge in [-0.25, -0.2) is 4.39 Å². The molecule has 2 fully saturated rings. The van der Waals surface area contributed by atoms with Crippen LogP contribution >= 0.6 is 0 Å². The Hall–Kier alpha value is -3.22. The SMILES string of the molecule is CC(C)c1ccc([C@@H](NC(=O)[C@@H]2C[C@@H](F)CN2C(=O)C2CCNC(=O)C2)c2ccccc2)cc1. The first kappa shape index (κ1) is 23.9. The van der Waals surface area contributed by atoms with Crippen molar-refractivity contribution in [3.8, 4) is 0 Å². The highest BCUT2D eigenvalue weighted by atomic mass is 19.1. The van der Waals surface area contributed by atoms with Crippen molar-refractivity contribution in [2.75, 3.05) is 13.1 Å². The Kier molecular flexibility index (Phi) is 7.29. The summed E-state index contributed by atoms with van der Waals surface area (Å²) < 4.78 is 14.4. The summed E-state index contributed by atoms with van der Waals surface area (Å²) in [6.07, 6.45) is -0.723. The molecule has 0 spiro atoms. The Morgan fingerprint density at radius 3 is 2.32 bits per heavy atom. The maximum absolute atomic E-state index is 14.4. The summed E-state index contributed by atoms with van der Waals surface area (Å²) in [6.45, 7) is 4.55. The predicted molar refractivity (Wildman–Crippen MR) is 128 cm³/mol. The quantitative estimate of drug-likeness (QED) is 0.686. The van der Waals surface area contributed by atoms with Crippen LogP contribution in [0.2, 0.25) is 0 Å². The molecule has 6 nitrogen and oxygen atoms in total. The fraction of sp³-hybridized carbons (Fsp3) is 0.444. The average molecular weight is 466 g/mol. The number of nitrogens with one attached hydrogen (secondary N) is 2. The summed E-state index contributed by atoms with van der Waals surface area (Å²) in [4.78, 5) is 39.7. The molecule has 3 amide bonds. The normalized spacial score (nSPS) is 23.5. The van der Waals surface area contributed by atoms with Gasteiger partial charge in [0, 0.05) is 25.3 Å². The van der Waals surface area contributed by atoms with Crippen LogP contribution in [0, 0.1) is 5.92 Å². The number of alkyl halides is 1. The number of rotatable bonds is 6. The minimum atomic E-state index is -1.27. The van der Waals surface area contributed by atoms with Gasteiger partial charge in [0.05, 0.1) is 12.6 Å². The van der Waals surface area contributed by atoms with Crippen LogP contribution in [-0.4, -0.2) is 47.9 Å². The molecule has 180 valence electrons. The van der Waals surface area contributed by atoms with Gasteiger partial charge in [-0.15, -0.1) is 0 Å². The molecule has 2 aromatic rings. The standard InChI is InChI=1S/C27H32FN3O3/c1-17(2)18-8-10-20(11-9-18)25(19-6-4-3-5-7-19)30-26(33)23-15-22(28)16-31(23)27(34)21-12-13-29-24(32)14-21/h3-11,17,21-23,25H,12-16H2,1-2H3,(H,29,32)(H,30,33)/t21?,22-,23+,25+/m1/s1. The van der Waals surface area contributed by atoms with E-state index in [1.54, 1.807) is 0 Å². The third-order valence-corrected chi connectivity index (χ3v) is 6.79. The van der Waals surface area contributed by atoms with E-state index in [0.717, 1.165) is 11.1 Å². The molecule has 0 saturated carbocycles. The fourth-order valence-corrected chi connectivity index (χ4v) is 4.82. The maximum atomic E-state index is 14.4. The summed E-state index contributed by atoms with van der Waals surface area (Å²) >= 11 is 0. The lowest BCUT2D eigenvalue weighted by atomic mass is 9.94. The molecule has 2 aliphatic heterocycles. The zero-order valence-electron chi connectivity index (χ0n) is 19.7. The maximum Gasteiger partial charge on any atom is 0.243 e. The fourth-order valence-electron chi connectivity index (χ4n) is 4.82. The number of halogens is 1. The molecule has 2 N–H and O–H groups in total. The average Bonchev–Trinajstić information content (AvgIpc) is 3.24. The smallest absolute Gasteiger partial charge is 0.243 e. The van der Waals surface area contributed by atoms with Gasteiger partial charge >= 0.3 is 0 Å². The minimum Gasteiger partial charge on any atom is -0.356 e. The highest BCUT2D eigenvalue weighted by molar-refractivity contribution is 5.92. The number of hydrogen-bond donors (Lipinski definition) is 2. The van der Waals surface area contributed by atoms with Crippen molar-refractivity contribution in [1.82, 2.24) is 15.5 Å². The van der Waals surface area contributed by atoms with Gasteiger partial charge in [0.15, 0.2) is 0 Å². The lowest BCUT2D eigenvalue weighted by Crippen LogP contribution is -2.50. The van der Waals surface area contributed by atoms with Crippen molar-refractivity contribution in [2.24, 2.45) is 5.92 Å². The molecule has 0 radical (unpaired) electrons. The molecule has 2 saturated heterocycles. The van der Waals surface area contributed by atoms with Crippen molar-refractivity contribution in [3.63, 3.8) is 0 Å². The first-order valence-corrected chi connectivity index (χ1v) is 12.0. The Bertz CT molecular complexity index is 1030. The van der Waals surface area contributed by atoms with Gasteiger partial charge in [0.2, 0.25) is 17.7 Å². The topological polar surface area (TPSA) is 78.5 Å². The van der Waals surface area contributed by atoms with Gasteiger partial charge in [-0.3, -0.25) is 14.4 Å². The molecule has 0 aliphatic carbocycles.